The van der Waals surface area contributed by atoms with E-state index in [-0.39, 0.29) is 5.91 Å². The molecule has 0 saturated heterocycles. The van der Waals surface area contributed by atoms with E-state index in [0.29, 0.717) is 5.56 Å². The maximum Gasteiger partial charge on any atom is 0.266 e. The van der Waals surface area contributed by atoms with E-state index < -0.39 is 0 Å². The molecule has 0 saturated carbocycles. The second-order valence-corrected chi connectivity index (χ2v) is 5.24. The summed E-state index contributed by atoms with van der Waals surface area (Å²) in [6.45, 7) is 0. The molecule has 0 fully saturated rings. The van der Waals surface area contributed by atoms with Gasteiger partial charge < -0.3 is 0 Å². The highest BCUT2D eigenvalue weighted by molar-refractivity contribution is 7.98. The minimum atomic E-state index is -0.343. The maximum atomic E-state index is 11.2. The van der Waals surface area contributed by atoms with E-state index in [0.717, 1.165) is 21.4 Å². The van der Waals surface area contributed by atoms with Crippen LogP contribution in [0.5, 0.6) is 0 Å². The summed E-state index contributed by atoms with van der Waals surface area (Å²) in [4.78, 5) is 16.6. The molecule has 0 aliphatic rings. The number of carbonyl (C=O) groups excluding carboxylic acids is 1. The van der Waals surface area contributed by atoms with Gasteiger partial charge >= 0.3 is 0 Å². The highest BCUT2D eigenvalue weighted by Gasteiger charge is 2.04. The van der Waals surface area contributed by atoms with Crippen molar-refractivity contribution in [1.29, 1.82) is 0 Å². The molecule has 3 N–H and O–H groups in total. The summed E-state index contributed by atoms with van der Waals surface area (Å²) in [6, 6.07) is 11.1. The SMILES string of the molecule is NNC(=O)c1ccc(CSc2ccc(Cl)cc2)nc1. The number of hydrogen-bond acceptors (Lipinski definition) is 4. The van der Waals surface area contributed by atoms with E-state index in [1.807, 2.05) is 30.3 Å². The molecular weight excluding hydrogens is 282 g/mol. The van der Waals surface area contributed by atoms with E-state index in [9.17, 15) is 4.79 Å². The summed E-state index contributed by atoms with van der Waals surface area (Å²) in [5.74, 6) is 5.43. The van der Waals surface area contributed by atoms with Crippen molar-refractivity contribution >= 4 is 29.3 Å². The van der Waals surface area contributed by atoms with Crippen LogP contribution in [-0.2, 0) is 5.75 Å². The van der Waals surface area contributed by atoms with Crippen molar-refractivity contribution in [1.82, 2.24) is 10.4 Å². The highest BCUT2D eigenvalue weighted by Crippen LogP contribution is 2.23. The molecular formula is C13H12ClN3OS. The average Bonchev–Trinajstić information content (AvgIpc) is 2.46. The zero-order valence-electron chi connectivity index (χ0n) is 9.97. The van der Waals surface area contributed by atoms with Crippen LogP contribution in [0.3, 0.4) is 0 Å². The van der Waals surface area contributed by atoms with Crippen molar-refractivity contribution in [2.75, 3.05) is 0 Å². The molecule has 0 unspecified atom stereocenters. The third-order valence-corrected chi connectivity index (χ3v) is 3.72. The molecule has 1 aromatic carbocycles. The number of hydrazine groups is 1. The van der Waals surface area contributed by atoms with Crippen molar-refractivity contribution in [2.45, 2.75) is 10.6 Å². The molecule has 19 heavy (non-hydrogen) atoms. The molecule has 0 spiro atoms. The molecule has 1 heterocycles. The highest BCUT2D eigenvalue weighted by atomic mass is 35.5. The van der Waals surface area contributed by atoms with Crippen molar-refractivity contribution in [3.8, 4) is 0 Å². The lowest BCUT2D eigenvalue weighted by molar-refractivity contribution is 0.0953. The van der Waals surface area contributed by atoms with E-state index in [4.69, 9.17) is 17.4 Å². The van der Waals surface area contributed by atoms with Crippen LogP contribution in [0, 0.1) is 0 Å². The Kier molecular flexibility index (Phi) is 4.79. The van der Waals surface area contributed by atoms with E-state index in [1.165, 1.54) is 6.20 Å². The van der Waals surface area contributed by atoms with Crippen molar-refractivity contribution in [2.24, 2.45) is 5.84 Å². The molecule has 98 valence electrons. The van der Waals surface area contributed by atoms with Crippen LogP contribution in [0.4, 0.5) is 0 Å². The fourth-order valence-corrected chi connectivity index (χ4v) is 2.36. The standard InChI is InChI=1S/C13H12ClN3OS/c14-10-2-5-12(6-3-10)19-8-11-4-1-9(7-16-11)13(18)17-15/h1-7H,8,15H2,(H,17,18). The van der Waals surface area contributed by atoms with E-state index in [1.54, 1.807) is 17.8 Å². The van der Waals surface area contributed by atoms with Gasteiger partial charge in [-0.2, -0.15) is 0 Å². The molecule has 0 aliphatic heterocycles. The monoisotopic (exact) mass is 293 g/mol. The summed E-state index contributed by atoms with van der Waals surface area (Å²) >= 11 is 7.48. The number of halogens is 1. The van der Waals surface area contributed by atoms with Crippen LogP contribution in [0.25, 0.3) is 0 Å². The minimum Gasteiger partial charge on any atom is -0.290 e. The number of aromatic nitrogens is 1. The lowest BCUT2D eigenvalue weighted by atomic mass is 10.2. The Morgan fingerprint density at radius 3 is 2.58 bits per heavy atom. The van der Waals surface area contributed by atoms with E-state index >= 15 is 0 Å². The Hall–Kier alpha value is -1.56. The zero-order valence-corrected chi connectivity index (χ0v) is 11.5. The van der Waals surface area contributed by atoms with Gasteiger partial charge in [-0.25, -0.2) is 5.84 Å². The van der Waals surface area contributed by atoms with E-state index in [2.05, 4.69) is 10.4 Å². The van der Waals surface area contributed by atoms with Crippen LogP contribution < -0.4 is 11.3 Å². The number of benzene rings is 1. The summed E-state index contributed by atoms with van der Waals surface area (Å²) in [6.07, 6.45) is 1.51. The number of hydrogen-bond donors (Lipinski definition) is 2. The fraction of sp³-hybridized carbons (Fsp3) is 0.0769. The number of amides is 1. The predicted octanol–water partition coefficient (Wildman–Crippen LogP) is 2.63. The number of nitrogens with two attached hydrogens (primary N) is 1. The normalized spacial score (nSPS) is 10.2. The van der Waals surface area contributed by atoms with Gasteiger partial charge in [0.25, 0.3) is 5.91 Å². The number of nitrogen functional groups attached to an aromatic ring is 1. The molecule has 0 aliphatic carbocycles. The van der Waals surface area contributed by atoms with Gasteiger partial charge in [0.05, 0.1) is 11.3 Å². The Bertz CT molecular complexity index is 557. The molecule has 1 aromatic heterocycles. The second-order valence-electron chi connectivity index (χ2n) is 3.75. The molecule has 2 rings (SSSR count). The van der Waals surface area contributed by atoms with Crippen LogP contribution in [0.1, 0.15) is 16.1 Å². The lowest BCUT2D eigenvalue weighted by Gasteiger charge is -2.03. The Morgan fingerprint density at radius 1 is 1.26 bits per heavy atom. The van der Waals surface area contributed by atoms with Gasteiger partial charge in [0, 0.05) is 21.9 Å². The predicted molar refractivity (Wildman–Crippen MR) is 76.9 cm³/mol. The van der Waals surface area contributed by atoms with Gasteiger partial charge in [0.2, 0.25) is 0 Å². The smallest absolute Gasteiger partial charge is 0.266 e. The molecule has 1 amide bonds. The third-order valence-electron chi connectivity index (χ3n) is 2.42. The minimum absolute atomic E-state index is 0.343. The first kappa shape index (κ1) is 13.9. The Labute approximate surface area is 120 Å². The summed E-state index contributed by atoms with van der Waals surface area (Å²) in [7, 11) is 0. The number of nitrogens with one attached hydrogen (secondary N) is 1. The van der Waals surface area contributed by atoms with Crippen molar-refractivity contribution < 1.29 is 4.79 Å². The molecule has 0 atom stereocenters. The molecule has 2 aromatic rings. The quantitative estimate of drug-likeness (QED) is 0.393. The number of nitrogens with zero attached hydrogens (tertiary/aromatic N) is 1. The molecule has 4 nitrogen and oxygen atoms in total. The van der Waals surface area contributed by atoms with Gasteiger partial charge in [0.1, 0.15) is 0 Å². The first-order valence-electron chi connectivity index (χ1n) is 5.53. The number of rotatable bonds is 4. The van der Waals surface area contributed by atoms with Crippen LogP contribution in [0.2, 0.25) is 5.02 Å². The van der Waals surface area contributed by atoms with Gasteiger partial charge in [-0.3, -0.25) is 15.2 Å². The zero-order chi connectivity index (χ0) is 13.7. The van der Waals surface area contributed by atoms with Gasteiger partial charge in [-0.05, 0) is 36.4 Å². The van der Waals surface area contributed by atoms with Crippen LogP contribution in [-0.4, -0.2) is 10.9 Å². The second kappa shape index (κ2) is 6.56. The summed E-state index contributed by atoms with van der Waals surface area (Å²) in [5.41, 5.74) is 3.41. The maximum absolute atomic E-state index is 11.2. The lowest BCUT2D eigenvalue weighted by Crippen LogP contribution is -2.30. The molecule has 6 heteroatoms. The first-order chi connectivity index (χ1) is 9.19. The van der Waals surface area contributed by atoms with Crippen molar-refractivity contribution in [3.05, 3.63) is 58.9 Å². The number of thioether (sulfide) groups is 1. The first-order valence-corrected chi connectivity index (χ1v) is 6.89. The van der Waals surface area contributed by atoms with Crippen LogP contribution >= 0.6 is 23.4 Å². The van der Waals surface area contributed by atoms with Gasteiger partial charge in [-0.1, -0.05) is 11.6 Å². The fourth-order valence-electron chi connectivity index (χ4n) is 1.42. The largest absolute Gasteiger partial charge is 0.290 e. The third kappa shape index (κ3) is 3.96. The Morgan fingerprint density at radius 2 is 2.00 bits per heavy atom. The average molecular weight is 294 g/mol. The molecule has 0 radical (unpaired) electrons. The molecule has 0 bridgehead atoms. The summed E-state index contributed by atoms with van der Waals surface area (Å²) < 4.78 is 0. The number of carbonyl (C=O) groups is 1. The van der Waals surface area contributed by atoms with Crippen LogP contribution in [0.15, 0.2) is 47.5 Å². The van der Waals surface area contributed by atoms with Gasteiger partial charge in [-0.15, -0.1) is 11.8 Å². The topological polar surface area (TPSA) is 68.0 Å². The summed E-state index contributed by atoms with van der Waals surface area (Å²) in [5, 5.41) is 0.722. The Balaban J connectivity index is 1.96. The number of pyridine rings is 1. The van der Waals surface area contributed by atoms with Crippen molar-refractivity contribution in [3.63, 3.8) is 0 Å². The van der Waals surface area contributed by atoms with Gasteiger partial charge in [0.15, 0.2) is 0 Å².